The van der Waals surface area contributed by atoms with Crippen molar-refractivity contribution in [3.05, 3.63) is 33.9 Å². The van der Waals surface area contributed by atoms with Crippen LogP contribution < -0.4 is 4.74 Å². The Balaban J connectivity index is 2.74. The molecule has 0 saturated carbocycles. The standard InChI is InChI=1S/C11H13NO4/c1-3-9(13)7-16-10-4-5-11(12(14)15)8(2)6-10/h4-6H,3,7H2,1-2H3. The van der Waals surface area contributed by atoms with Crippen LogP contribution in [0.3, 0.4) is 0 Å². The Morgan fingerprint density at radius 1 is 1.50 bits per heavy atom. The highest BCUT2D eigenvalue weighted by Crippen LogP contribution is 2.22. The number of nitro groups is 1. The summed E-state index contributed by atoms with van der Waals surface area (Å²) in [5, 5.41) is 10.6. The van der Waals surface area contributed by atoms with Gasteiger partial charge in [0.25, 0.3) is 5.69 Å². The zero-order valence-electron chi connectivity index (χ0n) is 9.23. The van der Waals surface area contributed by atoms with E-state index in [4.69, 9.17) is 4.74 Å². The normalized spacial score (nSPS) is 9.88. The Morgan fingerprint density at radius 2 is 2.19 bits per heavy atom. The van der Waals surface area contributed by atoms with Gasteiger partial charge in [0.05, 0.1) is 4.92 Å². The van der Waals surface area contributed by atoms with Gasteiger partial charge in [0.2, 0.25) is 0 Å². The van der Waals surface area contributed by atoms with Gasteiger partial charge in [-0.05, 0) is 19.1 Å². The van der Waals surface area contributed by atoms with Crippen molar-refractivity contribution in [3.8, 4) is 5.75 Å². The lowest BCUT2D eigenvalue weighted by atomic mass is 10.2. The number of ether oxygens (including phenoxy) is 1. The molecule has 0 fully saturated rings. The SMILES string of the molecule is CCC(=O)COc1ccc([N+](=O)[O-])c(C)c1. The molecular weight excluding hydrogens is 210 g/mol. The van der Waals surface area contributed by atoms with Crippen LogP contribution in [0.1, 0.15) is 18.9 Å². The van der Waals surface area contributed by atoms with Gasteiger partial charge in [0, 0.05) is 18.1 Å². The van der Waals surface area contributed by atoms with Gasteiger partial charge in [-0.2, -0.15) is 0 Å². The van der Waals surface area contributed by atoms with Crippen LogP contribution in [0, 0.1) is 17.0 Å². The molecule has 0 amide bonds. The Morgan fingerprint density at radius 3 is 2.69 bits per heavy atom. The van der Waals surface area contributed by atoms with Crippen LogP contribution >= 0.6 is 0 Å². The van der Waals surface area contributed by atoms with E-state index in [1.165, 1.54) is 12.1 Å². The summed E-state index contributed by atoms with van der Waals surface area (Å²) in [4.78, 5) is 21.1. The highest BCUT2D eigenvalue weighted by atomic mass is 16.6. The Kier molecular flexibility index (Phi) is 3.99. The smallest absolute Gasteiger partial charge is 0.272 e. The summed E-state index contributed by atoms with van der Waals surface area (Å²) in [7, 11) is 0. The molecule has 0 atom stereocenters. The summed E-state index contributed by atoms with van der Waals surface area (Å²) in [5.41, 5.74) is 0.570. The fourth-order valence-corrected chi connectivity index (χ4v) is 1.19. The molecule has 1 aromatic rings. The largest absolute Gasteiger partial charge is 0.486 e. The Bertz CT molecular complexity index is 414. The maximum Gasteiger partial charge on any atom is 0.272 e. The monoisotopic (exact) mass is 223 g/mol. The van der Waals surface area contributed by atoms with Crippen LogP contribution in [0.25, 0.3) is 0 Å². The molecule has 0 radical (unpaired) electrons. The van der Waals surface area contributed by atoms with Gasteiger partial charge in [-0.25, -0.2) is 0 Å². The summed E-state index contributed by atoms with van der Waals surface area (Å²) in [6.45, 7) is 3.40. The molecule has 16 heavy (non-hydrogen) atoms. The van der Waals surface area contributed by atoms with E-state index in [0.717, 1.165) is 0 Å². The predicted molar refractivity (Wildman–Crippen MR) is 58.6 cm³/mol. The van der Waals surface area contributed by atoms with Gasteiger partial charge in [-0.3, -0.25) is 14.9 Å². The third kappa shape index (κ3) is 3.05. The second kappa shape index (κ2) is 5.25. The number of Topliss-reactive ketones (excluding diaryl/α,β-unsaturated/α-hetero) is 1. The number of carbonyl (C=O) groups is 1. The molecule has 5 heteroatoms. The third-order valence-corrected chi connectivity index (χ3v) is 2.16. The first kappa shape index (κ1) is 12.2. The zero-order chi connectivity index (χ0) is 12.1. The third-order valence-electron chi connectivity index (χ3n) is 2.16. The maximum atomic E-state index is 11.0. The summed E-state index contributed by atoms with van der Waals surface area (Å²) < 4.78 is 5.20. The van der Waals surface area contributed by atoms with Crippen molar-refractivity contribution >= 4 is 11.5 Å². The van der Waals surface area contributed by atoms with Crippen LogP contribution in [0.4, 0.5) is 5.69 Å². The van der Waals surface area contributed by atoms with Crippen molar-refractivity contribution < 1.29 is 14.5 Å². The van der Waals surface area contributed by atoms with Crippen molar-refractivity contribution in [2.24, 2.45) is 0 Å². The van der Waals surface area contributed by atoms with E-state index in [1.807, 2.05) is 0 Å². The first-order chi connectivity index (χ1) is 7.54. The number of ketones is 1. The van der Waals surface area contributed by atoms with Crippen molar-refractivity contribution in [2.45, 2.75) is 20.3 Å². The number of rotatable bonds is 5. The van der Waals surface area contributed by atoms with E-state index in [9.17, 15) is 14.9 Å². The molecule has 86 valence electrons. The van der Waals surface area contributed by atoms with E-state index < -0.39 is 4.92 Å². The molecule has 0 bridgehead atoms. The molecule has 0 N–H and O–H groups in total. The van der Waals surface area contributed by atoms with Gasteiger partial charge >= 0.3 is 0 Å². The number of hydrogen-bond donors (Lipinski definition) is 0. The topological polar surface area (TPSA) is 69.4 Å². The van der Waals surface area contributed by atoms with E-state index in [-0.39, 0.29) is 18.1 Å². The van der Waals surface area contributed by atoms with Crippen molar-refractivity contribution in [3.63, 3.8) is 0 Å². The summed E-state index contributed by atoms with van der Waals surface area (Å²) >= 11 is 0. The molecule has 0 aliphatic carbocycles. The van der Waals surface area contributed by atoms with E-state index in [0.29, 0.717) is 17.7 Å². The summed E-state index contributed by atoms with van der Waals surface area (Å²) in [6.07, 6.45) is 0.423. The van der Waals surface area contributed by atoms with E-state index in [1.54, 1.807) is 19.9 Å². The lowest BCUT2D eigenvalue weighted by molar-refractivity contribution is -0.385. The second-order valence-electron chi connectivity index (χ2n) is 3.39. The van der Waals surface area contributed by atoms with E-state index in [2.05, 4.69) is 0 Å². The van der Waals surface area contributed by atoms with Crippen LogP contribution in [-0.4, -0.2) is 17.3 Å². The first-order valence-corrected chi connectivity index (χ1v) is 4.94. The number of benzene rings is 1. The van der Waals surface area contributed by atoms with Gasteiger partial charge in [0.15, 0.2) is 5.78 Å². The zero-order valence-corrected chi connectivity index (χ0v) is 9.23. The number of nitrogens with zero attached hydrogens (tertiary/aromatic N) is 1. The fraction of sp³-hybridized carbons (Fsp3) is 0.364. The summed E-state index contributed by atoms with van der Waals surface area (Å²) in [5.74, 6) is 0.473. The summed E-state index contributed by atoms with van der Waals surface area (Å²) in [6, 6.07) is 4.43. The van der Waals surface area contributed by atoms with Gasteiger partial charge < -0.3 is 4.74 Å². The predicted octanol–water partition coefficient (Wildman–Crippen LogP) is 2.26. The van der Waals surface area contributed by atoms with Crippen molar-refractivity contribution in [2.75, 3.05) is 6.61 Å². The molecular formula is C11H13NO4. The quantitative estimate of drug-likeness (QED) is 0.567. The molecule has 0 aromatic heterocycles. The maximum absolute atomic E-state index is 11.0. The lowest BCUT2D eigenvalue weighted by Gasteiger charge is -2.05. The highest BCUT2D eigenvalue weighted by molar-refractivity contribution is 5.79. The minimum Gasteiger partial charge on any atom is -0.486 e. The molecule has 0 aliphatic heterocycles. The average Bonchev–Trinajstić information content (AvgIpc) is 2.25. The Labute approximate surface area is 93.2 Å². The highest BCUT2D eigenvalue weighted by Gasteiger charge is 2.10. The molecule has 0 aliphatic rings. The van der Waals surface area contributed by atoms with Gasteiger partial charge in [-0.1, -0.05) is 6.92 Å². The first-order valence-electron chi connectivity index (χ1n) is 4.94. The van der Waals surface area contributed by atoms with Crippen LogP contribution in [-0.2, 0) is 4.79 Å². The minimum absolute atomic E-state index is 0.00370. The molecule has 0 spiro atoms. The molecule has 0 heterocycles. The molecule has 0 saturated heterocycles. The van der Waals surface area contributed by atoms with Crippen molar-refractivity contribution in [1.29, 1.82) is 0 Å². The van der Waals surface area contributed by atoms with Crippen LogP contribution in [0.5, 0.6) is 5.75 Å². The Hall–Kier alpha value is -1.91. The second-order valence-corrected chi connectivity index (χ2v) is 3.39. The fourth-order valence-electron chi connectivity index (χ4n) is 1.19. The van der Waals surface area contributed by atoms with Crippen LogP contribution in [0.15, 0.2) is 18.2 Å². The van der Waals surface area contributed by atoms with Crippen molar-refractivity contribution in [1.82, 2.24) is 0 Å². The van der Waals surface area contributed by atoms with Crippen LogP contribution in [0.2, 0.25) is 0 Å². The molecule has 0 unspecified atom stereocenters. The van der Waals surface area contributed by atoms with E-state index >= 15 is 0 Å². The molecule has 1 aromatic carbocycles. The lowest BCUT2D eigenvalue weighted by Crippen LogP contribution is -2.09. The number of hydrogen-bond acceptors (Lipinski definition) is 4. The number of nitro benzene ring substituents is 1. The van der Waals surface area contributed by atoms with Gasteiger partial charge in [-0.15, -0.1) is 0 Å². The van der Waals surface area contributed by atoms with Gasteiger partial charge in [0.1, 0.15) is 12.4 Å². The average molecular weight is 223 g/mol. The number of aryl methyl sites for hydroxylation is 1. The number of carbonyl (C=O) groups excluding carboxylic acids is 1. The molecule has 1 rings (SSSR count). The molecule has 5 nitrogen and oxygen atoms in total. The minimum atomic E-state index is -0.448.